The first kappa shape index (κ1) is 15.6. The average molecular weight is 327 g/mol. The molecule has 6 nitrogen and oxygen atoms in total. The quantitative estimate of drug-likeness (QED) is 0.909. The lowest BCUT2D eigenvalue weighted by Gasteiger charge is -2.22. The van der Waals surface area contributed by atoms with Crippen molar-refractivity contribution in [3.8, 4) is 0 Å². The zero-order chi connectivity index (χ0) is 16.6. The van der Waals surface area contributed by atoms with Gasteiger partial charge in [-0.2, -0.15) is 18.3 Å². The number of H-pyrrole nitrogens is 1. The molecule has 0 radical (unpaired) electrons. The Kier molecular flexibility index (Phi) is 3.87. The number of aromatic nitrogens is 4. The van der Waals surface area contributed by atoms with Gasteiger partial charge in [0.1, 0.15) is 11.5 Å². The number of hydrogen-bond acceptors (Lipinski definition) is 3. The number of hydrogen-bond donors (Lipinski definition) is 2. The lowest BCUT2D eigenvalue weighted by molar-refractivity contribution is -0.140. The van der Waals surface area contributed by atoms with Gasteiger partial charge in [-0.25, -0.2) is 9.67 Å². The van der Waals surface area contributed by atoms with Crippen LogP contribution in [0.5, 0.6) is 0 Å². The van der Waals surface area contributed by atoms with Crippen LogP contribution in [0, 0.1) is 0 Å². The van der Waals surface area contributed by atoms with Crippen LogP contribution < -0.4 is 5.32 Å². The standard InChI is InChI=1S/C14H16F3N5O/c1-2-11-20-12-9(4-3-5-22(12)21-11)19-13(23)8-6-10(18-7-8)14(15,16)17/h6-7,9,18H,2-5H2,1H3,(H,19,23)/t9-/m0/s1. The Balaban J connectivity index is 1.76. The average Bonchev–Trinajstić information content (AvgIpc) is 3.13. The maximum absolute atomic E-state index is 12.6. The summed E-state index contributed by atoms with van der Waals surface area (Å²) in [5, 5.41) is 7.08. The van der Waals surface area contributed by atoms with E-state index in [2.05, 4.69) is 20.4 Å². The first-order chi connectivity index (χ1) is 10.9. The summed E-state index contributed by atoms with van der Waals surface area (Å²) in [5.74, 6) is 0.798. The molecule has 0 aliphatic carbocycles. The van der Waals surface area contributed by atoms with Crippen molar-refractivity contribution in [1.82, 2.24) is 25.1 Å². The zero-order valence-corrected chi connectivity index (χ0v) is 12.4. The molecular weight excluding hydrogens is 311 g/mol. The van der Waals surface area contributed by atoms with E-state index in [1.54, 1.807) is 4.68 Å². The number of nitrogens with zero attached hydrogens (tertiary/aromatic N) is 3. The summed E-state index contributed by atoms with van der Waals surface area (Å²) < 4.78 is 39.5. The van der Waals surface area contributed by atoms with E-state index in [-0.39, 0.29) is 11.6 Å². The number of rotatable bonds is 3. The molecule has 1 aliphatic rings. The molecule has 0 spiro atoms. The molecule has 0 saturated heterocycles. The van der Waals surface area contributed by atoms with E-state index in [1.165, 1.54) is 0 Å². The van der Waals surface area contributed by atoms with Crippen LogP contribution in [-0.2, 0) is 19.1 Å². The summed E-state index contributed by atoms with van der Waals surface area (Å²) in [6.45, 7) is 2.67. The Labute approximate surface area is 130 Å². The fraction of sp³-hybridized carbons (Fsp3) is 0.500. The largest absolute Gasteiger partial charge is 0.431 e. The number of carbonyl (C=O) groups is 1. The smallest absolute Gasteiger partial charge is 0.357 e. The third-order valence-corrected chi connectivity index (χ3v) is 3.79. The Morgan fingerprint density at radius 2 is 2.30 bits per heavy atom. The van der Waals surface area contributed by atoms with E-state index in [1.807, 2.05) is 6.92 Å². The van der Waals surface area contributed by atoms with Gasteiger partial charge in [-0.3, -0.25) is 4.79 Å². The van der Waals surface area contributed by atoms with E-state index in [0.29, 0.717) is 24.5 Å². The number of halogens is 3. The van der Waals surface area contributed by atoms with E-state index < -0.39 is 17.8 Å². The summed E-state index contributed by atoms with van der Waals surface area (Å²) in [5.41, 5.74) is -0.993. The molecule has 2 aromatic heterocycles. The maximum atomic E-state index is 12.6. The van der Waals surface area contributed by atoms with E-state index in [0.717, 1.165) is 25.2 Å². The Morgan fingerprint density at radius 1 is 1.52 bits per heavy atom. The van der Waals surface area contributed by atoms with Gasteiger partial charge in [0.05, 0.1) is 11.6 Å². The fourth-order valence-corrected chi connectivity index (χ4v) is 2.62. The third-order valence-electron chi connectivity index (χ3n) is 3.79. The van der Waals surface area contributed by atoms with Crippen molar-refractivity contribution in [1.29, 1.82) is 0 Å². The number of alkyl halides is 3. The summed E-state index contributed by atoms with van der Waals surface area (Å²) in [6.07, 6.45) is -1.24. The minimum atomic E-state index is -4.50. The van der Waals surface area contributed by atoms with Crippen LogP contribution >= 0.6 is 0 Å². The molecule has 0 fully saturated rings. The Morgan fingerprint density at radius 3 is 2.96 bits per heavy atom. The van der Waals surface area contributed by atoms with Crippen LogP contribution in [0.1, 0.15) is 53.5 Å². The van der Waals surface area contributed by atoms with E-state index >= 15 is 0 Å². The van der Waals surface area contributed by atoms with Gasteiger partial charge in [0.2, 0.25) is 0 Å². The molecule has 0 unspecified atom stereocenters. The van der Waals surface area contributed by atoms with Gasteiger partial charge in [-0.1, -0.05) is 6.92 Å². The van der Waals surface area contributed by atoms with Crippen molar-refractivity contribution in [2.45, 2.75) is 44.9 Å². The van der Waals surface area contributed by atoms with Gasteiger partial charge in [0, 0.05) is 19.2 Å². The molecule has 9 heteroatoms. The highest BCUT2D eigenvalue weighted by molar-refractivity contribution is 5.94. The summed E-state index contributed by atoms with van der Waals surface area (Å²) in [4.78, 5) is 18.7. The second-order valence-corrected chi connectivity index (χ2v) is 5.43. The molecule has 1 atom stereocenters. The highest BCUT2D eigenvalue weighted by Crippen LogP contribution is 2.29. The van der Waals surface area contributed by atoms with Crippen LogP contribution in [0.4, 0.5) is 13.2 Å². The number of fused-ring (bicyclic) bond motifs is 1. The van der Waals surface area contributed by atoms with Crippen molar-refractivity contribution in [2.75, 3.05) is 0 Å². The van der Waals surface area contributed by atoms with Gasteiger partial charge >= 0.3 is 6.18 Å². The minimum Gasteiger partial charge on any atom is -0.357 e. The normalized spacial score (nSPS) is 17.8. The maximum Gasteiger partial charge on any atom is 0.431 e. The van der Waals surface area contributed by atoms with E-state index in [4.69, 9.17) is 0 Å². The van der Waals surface area contributed by atoms with Gasteiger partial charge in [0.25, 0.3) is 5.91 Å². The zero-order valence-electron chi connectivity index (χ0n) is 12.4. The minimum absolute atomic E-state index is 0.0512. The van der Waals surface area contributed by atoms with Crippen molar-refractivity contribution < 1.29 is 18.0 Å². The first-order valence-electron chi connectivity index (χ1n) is 7.38. The molecule has 1 amide bonds. The number of amides is 1. The molecule has 23 heavy (non-hydrogen) atoms. The van der Waals surface area contributed by atoms with Gasteiger partial charge in [0.15, 0.2) is 5.82 Å². The molecule has 1 aliphatic heterocycles. The number of aryl methyl sites for hydroxylation is 2. The summed E-state index contributed by atoms with van der Waals surface area (Å²) in [7, 11) is 0. The van der Waals surface area contributed by atoms with Crippen LogP contribution in [0.25, 0.3) is 0 Å². The Hall–Kier alpha value is -2.32. The molecular formula is C14H16F3N5O. The van der Waals surface area contributed by atoms with Crippen molar-refractivity contribution >= 4 is 5.91 Å². The SMILES string of the molecule is CCc1nc2n(n1)CCC[C@@H]2NC(=O)c1c[nH]c(C(F)(F)F)c1. The molecule has 0 bridgehead atoms. The molecule has 3 heterocycles. The number of nitrogens with one attached hydrogen (secondary N) is 2. The summed E-state index contributed by atoms with van der Waals surface area (Å²) >= 11 is 0. The fourth-order valence-electron chi connectivity index (χ4n) is 2.62. The van der Waals surface area contributed by atoms with Gasteiger partial charge in [-0.15, -0.1) is 0 Å². The topological polar surface area (TPSA) is 75.6 Å². The van der Waals surface area contributed by atoms with Crippen LogP contribution in [0.3, 0.4) is 0 Å². The highest BCUT2D eigenvalue weighted by atomic mass is 19.4. The Bertz CT molecular complexity index is 718. The van der Waals surface area contributed by atoms with Crippen molar-refractivity contribution in [2.24, 2.45) is 0 Å². The van der Waals surface area contributed by atoms with Crippen LogP contribution in [0.15, 0.2) is 12.3 Å². The lowest BCUT2D eigenvalue weighted by Crippen LogP contribution is -2.33. The predicted molar refractivity (Wildman–Crippen MR) is 74.6 cm³/mol. The second-order valence-electron chi connectivity index (χ2n) is 5.43. The van der Waals surface area contributed by atoms with E-state index in [9.17, 15) is 18.0 Å². The number of carbonyl (C=O) groups excluding carboxylic acids is 1. The van der Waals surface area contributed by atoms with Crippen molar-refractivity contribution in [3.63, 3.8) is 0 Å². The lowest BCUT2D eigenvalue weighted by atomic mass is 10.1. The predicted octanol–water partition coefficient (Wildman–Crippen LogP) is 2.45. The highest BCUT2D eigenvalue weighted by Gasteiger charge is 2.33. The molecule has 124 valence electrons. The van der Waals surface area contributed by atoms with Gasteiger partial charge in [-0.05, 0) is 18.9 Å². The first-order valence-corrected chi connectivity index (χ1v) is 7.38. The van der Waals surface area contributed by atoms with Crippen LogP contribution in [0.2, 0.25) is 0 Å². The molecule has 0 saturated carbocycles. The van der Waals surface area contributed by atoms with Crippen LogP contribution in [-0.4, -0.2) is 25.7 Å². The van der Waals surface area contributed by atoms with Crippen molar-refractivity contribution in [3.05, 3.63) is 35.2 Å². The number of aromatic amines is 1. The summed E-state index contributed by atoms with van der Waals surface area (Å²) in [6, 6.07) is 0.466. The molecule has 0 aromatic carbocycles. The monoisotopic (exact) mass is 327 g/mol. The third kappa shape index (κ3) is 3.08. The second kappa shape index (κ2) is 5.71. The molecule has 2 aromatic rings. The molecule has 3 rings (SSSR count). The van der Waals surface area contributed by atoms with Gasteiger partial charge < -0.3 is 10.3 Å². The molecule has 2 N–H and O–H groups in total.